The standard InChI is InChI=1S/C24H22N2O2S/c1-15-12-19(27)10-11-21(15)26-23(28)14-22-16(2)25-24(29-22)13-18-8-5-7-17-6-3-4-9-20(17)18/h3-12,27H,13-14H2,1-2H3,(H,26,28). The molecule has 3 aromatic carbocycles. The van der Waals surface area contributed by atoms with E-state index in [9.17, 15) is 9.90 Å². The zero-order chi connectivity index (χ0) is 20.4. The van der Waals surface area contributed by atoms with Crippen molar-refractivity contribution in [2.75, 3.05) is 5.32 Å². The van der Waals surface area contributed by atoms with E-state index in [1.54, 1.807) is 29.5 Å². The number of nitrogens with zero attached hydrogens (tertiary/aromatic N) is 1. The van der Waals surface area contributed by atoms with Crippen molar-refractivity contribution in [1.82, 2.24) is 4.98 Å². The molecule has 0 fully saturated rings. The Labute approximate surface area is 173 Å². The first-order chi connectivity index (χ1) is 14.0. The first-order valence-electron chi connectivity index (χ1n) is 9.51. The Kier molecular flexibility index (Phi) is 5.32. The van der Waals surface area contributed by atoms with Crippen LogP contribution in [0.1, 0.15) is 26.7 Å². The minimum atomic E-state index is -0.0812. The number of thiazole rings is 1. The van der Waals surface area contributed by atoms with Crippen molar-refractivity contribution < 1.29 is 9.90 Å². The Morgan fingerprint density at radius 2 is 1.86 bits per heavy atom. The van der Waals surface area contributed by atoms with Gasteiger partial charge in [-0.05, 0) is 53.9 Å². The van der Waals surface area contributed by atoms with Crippen molar-refractivity contribution >= 4 is 33.7 Å². The third kappa shape index (κ3) is 4.30. The van der Waals surface area contributed by atoms with E-state index in [1.165, 1.54) is 16.3 Å². The molecule has 4 rings (SSSR count). The van der Waals surface area contributed by atoms with E-state index < -0.39 is 0 Å². The van der Waals surface area contributed by atoms with Crippen LogP contribution >= 0.6 is 11.3 Å². The second-order valence-electron chi connectivity index (χ2n) is 7.16. The summed E-state index contributed by atoms with van der Waals surface area (Å²) < 4.78 is 0. The predicted octanol–water partition coefficient (Wildman–Crippen LogP) is 5.39. The molecule has 4 aromatic rings. The maximum Gasteiger partial charge on any atom is 0.229 e. The first-order valence-corrected chi connectivity index (χ1v) is 10.3. The number of phenols is 1. The van der Waals surface area contributed by atoms with Crippen molar-refractivity contribution in [1.29, 1.82) is 0 Å². The number of amides is 1. The second kappa shape index (κ2) is 8.05. The largest absolute Gasteiger partial charge is 0.508 e. The van der Waals surface area contributed by atoms with E-state index in [0.29, 0.717) is 12.1 Å². The molecule has 0 atom stereocenters. The van der Waals surface area contributed by atoms with Gasteiger partial charge in [0.1, 0.15) is 5.75 Å². The maximum absolute atomic E-state index is 12.5. The molecule has 0 unspecified atom stereocenters. The summed E-state index contributed by atoms with van der Waals surface area (Å²) in [6.45, 7) is 3.81. The summed E-state index contributed by atoms with van der Waals surface area (Å²) in [6.07, 6.45) is 1.05. The number of rotatable bonds is 5. The van der Waals surface area contributed by atoms with Crippen LogP contribution < -0.4 is 5.32 Å². The lowest BCUT2D eigenvalue weighted by molar-refractivity contribution is -0.115. The van der Waals surface area contributed by atoms with Gasteiger partial charge in [-0.25, -0.2) is 4.98 Å². The lowest BCUT2D eigenvalue weighted by Crippen LogP contribution is -2.15. The summed E-state index contributed by atoms with van der Waals surface area (Å²) >= 11 is 1.60. The monoisotopic (exact) mass is 402 g/mol. The highest BCUT2D eigenvalue weighted by Crippen LogP contribution is 2.26. The molecule has 5 heteroatoms. The summed E-state index contributed by atoms with van der Waals surface area (Å²) in [5.41, 5.74) is 3.69. The highest BCUT2D eigenvalue weighted by molar-refractivity contribution is 7.11. The molecule has 146 valence electrons. The molecule has 0 aliphatic heterocycles. The van der Waals surface area contributed by atoms with Crippen LogP contribution in [0.5, 0.6) is 5.75 Å². The molecular formula is C24H22N2O2S. The van der Waals surface area contributed by atoms with Crippen molar-refractivity contribution in [2.24, 2.45) is 0 Å². The van der Waals surface area contributed by atoms with Crippen molar-refractivity contribution in [2.45, 2.75) is 26.7 Å². The molecule has 29 heavy (non-hydrogen) atoms. The number of hydrogen-bond donors (Lipinski definition) is 2. The zero-order valence-corrected chi connectivity index (χ0v) is 17.2. The molecule has 0 radical (unpaired) electrons. The van der Waals surface area contributed by atoms with Crippen molar-refractivity contribution in [3.8, 4) is 5.75 Å². The van der Waals surface area contributed by atoms with E-state index >= 15 is 0 Å². The topological polar surface area (TPSA) is 62.2 Å². The molecule has 1 heterocycles. The molecule has 1 aromatic heterocycles. The Bertz CT molecular complexity index is 1190. The third-order valence-electron chi connectivity index (χ3n) is 4.96. The number of fused-ring (bicyclic) bond motifs is 1. The quantitative estimate of drug-likeness (QED) is 0.440. The summed E-state index contributed by atoms with van der Waals surface area (Å²) in [5.74, 6) is 0.110. The fourth-order valence-corrected chi connectivity index (χ4v) is 4.56. The van der Waals surface area contributed by atoms with Crippen LogP contribution in [0.3, 0.4) is 0 Å². The molecule has 0 saturated heterocycles. The second-order valence-corrected chi connectivity index (χ2v) is 8.32. The maximum atomic E-state index is 12.5. The highest BCUT2D eigenvalue weighted by Gasteiger charge is 2.14. The molecule has 2 N–H and O–H groups in total. The van der Waals surface area contributed by atoms with Gasteiger partial charge in [0.25, 0.3) is 0 Å². The summed E-state index contributed by atoms with van der Waals surface area (Å²) in [4.78, 5) is 18.2. The number of carbonyl (C=O) groups excluding carboxylic acids is 1. The normalized spacial score (nSPS) is 11.0. The fourth-order valence-electron chi connectivity index (χ4n) is 3.47. The molecule has 0 aliphatic carbocycles. The number of aromatic hydroxyl groups is 1. The van der Waals surface area contributed by atoms with Gasteiger partial charge in [-0.15, -0.1) is 11.3 Å². The van der Waals surface area contributed by atoms with Crippen LogP contribution in [0.25, 0.3) is 10.8 Å². The molecule has 0 bridgehead atoms. The lowest BCUT2D eigenvalue weighted by atomic mass is 10.0. The van der Waals surface area contributed by atoms with E-state index in [-0.39, 0.29) is 11.7 Å². The number of phenolic OH excluding ortho intramolecular Hbond substituents is 1. The van der Waals surface area contributed by atoms with E-state index in [0.717, 1.165) is 27.6 Å². The average molecular weight is 403 g/mol. The Morgan fingerprint density at radius 1 is 1.07 bits per heavy atom. The first kappa shape index (κ1) is 19.2. The van der Waals surface area contributed by atoms with Crippen molar-refractivity contribution in [3.05, 3.63) is 87.4 Å². The minimum Gasteiger partial charge on any atom is -0.508 e. The van der Waals surface area contributed by atoms with E-state index in [4.69, 9.17) is 4.98 Å². The van der Waals surface area contributed by atoms with E-state index in [2.05, 4.69) is 41.7 Å². The van der Waals surface area contributed by atoms with Gasteiger partial charge in [0.2, 0.25) is 5.91 Å². The number of hydrogen-bond acceptors (Lipinski definition) is 4. The van der Waals surface area contributed by atoms with Crippen LogP contribution in [0.2, 0.25) is 0 Å². The van der Waals surface area contributed by atoms with Gasteiger partial charge in [-0.2, -0.15) is 0 Å². The SMILES string of the molecule is Cc1cc(O)ccc1NC(=O)Cc1sc(Cc2cccc3ccccc23)nc1C. The van der Waals surface area contributed by atoms with Crippen LogP contribution in [0, 0.1) is 13.8 Å². The number of nitrogens with one attached hydrogen (secondary N) is 1. The zero-order valence-electron chi connectivity index (χ0n) is 16.4. The molecular weight excluding hydrogens is 380 g/mol. The molecule has 0 aliphatic rings. The average Bonchev–Trinajstić information content (AvgIpc) is 3.03. The van der Waals surface area contributed by atoms with Crippen LogP contribution in [-0.2, 0) is 17.6 Å². The summed E-state index contributed by atoms with van der Waals surface area (Å²) in [5, 5.41) is 15.9. The number of carbonyl (C=O) groups is 1. The van der Waals surface area contributed by atoms with Gasteiger partial charge in [0.15, 0.2) is 0 Å². The Hall–Kier alpha value is -3.18. The number of aromatic nitrogens is 1. The summed E-state index contributed by atoms with van der Waals surface area (Å²) in [6, 6.07) is 19.6. The fraction of sp³-hybridized carbons (Fsp3) is 0.167. The van der Waals surface area contributed by atoms with Crippen LogP contribution in [0.15, 0.2) is 60.7 Å². The van der Waals surface area contributed by atoms with Crippen LogP contribution in [0.4, 0.5) is 5.69 Å². The van der Waals surface area contributed by atoms with Gasteiger partial charge < -0.3 is 10.4 Å². The van der Waals surface area contributed by atoms with Gasteiger partial charge in [0, 0.05) is 17.0 Å². The lowest BCUT2D eigenvalue weighted by Gasteiger charge is -2.08. The Balaban J connectivity index is 1.49. The minimum absolute atomic E-state index is 0.0812. The van der Waals surface area contributed by atoms with Crippen molar-refractivity contribution in [3.63, 3.8) is 0 Å². The third-order valence-corrected chi connectivity index (χ3v) is 6.12. The van der Waals surface area contributed by atoms with Gasteiger partial charge in [-0.3, -0.25) is 4.79 Å². The highest BCUT2D eigenvalue weighted by atomic mass is 32.1. The molecule has 1 amide bonds. The predicted molar refractivity (Wildman–Crippen MR) is 119 cm³/mol. The van der Waals surface area contributed by atoms with Gasteiger partial charge in [-0.1, -0.05) is 42.5 Å². The number of aryl methyl sites for hydroxylation is 2. The molecule has 4 nitrogen and oxygen atoms in total. The Morgan fingerprint density at radius 3 is 2.69 bits per heavy atom. The van der Waals surface area contributed by atoms with Gasteiger partial charge >= 0.3 is 0 Å². The summed E-state index contributed by atoms with van der Waals surface area (Å²) in [7, 11) is 0. The van der Waals surface area contributed by atoms with Crippen LogP contribution in [-0.4, -0.2) is 16.0 Å². The molecule has 0 spiro atoms. The smallest absolute Gasteiger partial charge is 0.229 e. The number of benzene rings is 3. The van der Waals surface area contributed by atoms with Gasteiger partial charge in [0.05, 0.1) is 17.1 Å². The number of anilines is 1. The molecule has 0 saturated carbocycles. The van der Waals surface area contributed by atoms with E-state index in [1.807, 2.05) is 19.9 Å².